The summed E-state index contributed by atoms with van der Waals surface area (Å²) in [5.41, 5.74) is 6.80. The fourth-order valence-corrected chi connectivity index (χ4v) is 1.99. The van der Waals surface area contributed by atoms with Crippen LogP contribution in [-0.4, -0.2) is 6.29 Å². The van der Waals surface area contributed by atoms with E-state index < -0.39 is 12.4 Å². The molecular weight excluding hydrogens is 216 g/mol. The molecule has 1 atom stereocenters. The van der Waals surface area contributed by atoms with Gasteiger partial charge < -0.3 is 10.5 Å². The van der Waals surface area contributed by atoms with Crippen LogP contribution >= 0.6 is 0 Å². The van der Waals surface area contributed by atoms with Gasteiger partial charge in [-0.3, -0.25) is 4.74 Å². The van der Waals surface area contributed by atoms with E-state index in [9.17, 15) is 8.78 Å². The van der Waals surface area contributed by atoms with E-state index in [-0.39, 0.29) is 11.7 Å². The molecule has 0 radical (unpaired) electrons. The standard InChI is InChI=1S/C11H11F2NO2/c12-11(13)15-9-4-3-7(14)5-8(9)10(16-11)6-1-2-6/h3-6,10H,1-2,14H2. The molecule has 1 saturated carbocycles. The number of benzene rings is 1. The molecule has 2 aliphatic rings. The number of fused-ring (bicyclic) bond motifs is 1. The fraction of sp³-hybridized carbons (Fsp3) is 0.455. The summed E-state index contributed by atoms with van der Waals surface area (Å²) in [6, 6.07) is 4.66. The molecule has 0 bridgehead atoms. The average Bonchev–Trinajstić information content (AvgIpc) is 3.00. The van der Waals surface area contributed by atoms with Crippen molar-refractivity contribution in [2.45, 2.75) is 25.2 Å². The molecule has 1 aliphatic carbocycles. The Hall–Kier alpha value is -1.36. The summed E-state index contributed by atoms with van der Waals surface area (Å²) in [5, 5.41) is 0. The van der Waals surface area contributed by atoms with Crippen LogP contribution in [-0.2, 0) is 4.74 Å². The third-order valence-corrected chi connectivity index (χ3v) is 2.88. The summed E-state index contributed by atoms with van der Waals surface area (Å²) in [5.74, 6) is 0.331. The van der Waals surface area contributed by atoms with Gasteiger partial charge >= 0.3 is 6.29 Å². The molecule has 1 aliphatic heterocycles. The Kier molecular flexibility index (Phi) is 1.89. The third kappa shape index (κ3) is 1.61. The Morgan fingerprint density at radius 3 is 2.75 bits per heavy atom. The van der Waals surface area contributed by atoms with Crippen LogP contribution in [0.25, 0.3) is 0 Å². The molecular formula is C11H11F2NO2. The van der Waals surface area contributed by atoms with Gasteiger partial charge in [0.1, 0.15) is 5.75 Å². The van der Waals surface area contributed by atoms with Crippen molar-refractivity contribution in [1.29, 1.82) is 0 Å². The predicted octanol–water partition coefficient (Wildman–Crippen LogP) is 2.68. The van der Waals surface area contributed by atoms with Crippen LogP contribution in [0.5, 0.6) is 5.75 Å². The van der Waals surface area contributed by atoms with E-state index in [1.54, 1.807) is 12.1 Å². The first-order chi connectivity index (χ1) is 7.55. The number of nitrogens with two attached hydrogens (primary N) is 1. The minimum absolute atomic E-state index is 0.162. The largest absolute Gasteiger partial charge is 0.535 e. The van der Waals surface area contributed by atoms with Crippen LogP contribution in [0.15, 0.2) is 18.2 Å². The minimum atomic E-state index is -3.53. The van der Waals surface area contributed by atoms with Crippen LogP contribution in [0.3, 0.4) is 0 Å². The van der Waals surface area contributed by atoms with Crippen molar-refractivity contribution in [2.75, 3.05) is 5.73 Å². The Morgan fingerprint density at radius 1 is 1.31 bits per heavy atom. The van der Waals surface area contributed by atoms with Crippen LogP contribution in [0.2, 0.25) is 0 Å². The first kappa shape index (κ1) is 9.84. The van der Waals surface area contributed by atoms with Crippen molar-refractivity contribution in [3.8, 4) is 5.75 Å². The van der Waals surface area contributed by atoms with Gasteiger partial charge in [-0.2, -0.15) is 0 Å². The number of hydrogen-bond donors (Lipinski definition) is 1. The van der Waals surface area contributed by atoms with Gasteiger partial charge in [0, 0.05) is 11.3 Å². The number of nitrogen functional groups attached to an aromatic ring is 1. The van der Waals surface area contributed by atoms with Crippen molar-refractivity contribution >= 4 is 5.69 Å². The van der Waals surface area contributed by atoms with Gasteiger partial charge in [0.05, 0.1) is 6.10 Å². The van der Waals surface area contributed by atoms with E-state index in [4.69, 9.17) is 5.73 Å². The van der Waals surface area contributed by atoms with Gasteiger partial charge in [-0.15, -0.1) is 8.78 Å². The van der Waals surface area contributed by atoms with E-state index in [1.807, 2.05) is 0 Å². The van der Waals surface area contributed by atoms with E-state index in [0.717, 1.165) is 12.8 Å². The molecule has 2 N–H and O–H groups in total. The maximum atomic E-state index is 13.1. The molecule has 0 aromatic heterocycles. The molecule has 1 heterocycles. The number of rotatable bonds is 1. The number of anilines is 1. The molecule has 1 unspecified atom stereocenters. The zero-order valence-electron chi connectivity index (χ0n) is 8.45. The Morgan fingerprint density at radius 2 is 2.06 bits per heavy atom. The SMILES string of the molecule is Nc1ccc2c(c1)C(C1CC1)OC(F)(F)O2. The van der Waals surface area contributed by atoms with Crippen molar-refractivity contribution in [2.24, 2.45) is 5.92 Å². The van der Waals surface area contributed by atoms with Gasteiger partial charge in [0.15, 0.2) is 0 Å². The summed E-state index contributed by atoms with van der Waals surface area (Å²) in [6.07, 6.45) is -2.30. The lowest BCUT2D eigenvalue weighted by molar-refractivity contribution is -0.384. The van der Waals surface area contributed by atoms with Gasteiger partial charge in [0.25, 0.3) is 0 Å². The molecule has 0 spiro atoms. The molecule has 3 rings (SSSR count). The summed E-state index contributed by atoms with van der Waals surface area (Å²) in [4.78, 5) is 0. The van der Waals surface area contributed by atoms with Crippen LogP contribution in [0, 0.1) is 5.92 Å². The van der Waals surface area contributed by atoms with E-state index in [0.29, 0.717) is 11.3 Å². The normalized spacial score (nSPS) is 27.0. The second kappa shape index (κ2) is 3.07. The van der Waals surface area contributed by atoms with Gasteiger partial charge in [-0.05, 0) is 37.0 Å². The second-order valence-corrected chi connectivity index (χ2v) is 4.24. The summed E-state index contributed by atoms with van der Waals surface area (Å²) < 4.78 is 35.4. The van der Waals surface area contributed by atoms with Crippen molar-refractivity contribution in [3.05, 3.63) is 23.8 Å². The summed E-state index contributed by atoms with van der Waals surface area (Å²) in [7, 11) is 0. The molecule has 16 heavy (non-hydrogen) atoms. The number of halogens is 2. The lowest BCUT2D eigenvalue weighted by Gasteiger charge is -2.31. The maximum Gasteiger partial charge on any atom is 0.535 e. The van der Waals surface area contributed by atoms with Gasteiger partial charge in [-0.25, -0.2) is 0 Å². The quantitative estimate of drug-likeness (QED) is 0.750. The Bertz CT molecular complexity index is 432. The highest BCUT2D eigenvalue weighted by molar-refractivity contribution is 5.49. The summed E-state index contributed by atoms with van der Waals surface area (Å²) >= 11 is 0. The average molecular weight is 227 g/mol. The lowest BCUT2D eigenvalue weighted by atomic mass is 10.0. The van der Waals surface area contributed by atoms with Crippen LogP contribution < -0.4 is 10.5 Å². The highest BCUT2D eigenvalue weighted by Gasteiger charge is 2.48. The predicted molar refractivity (Wildman–Crippen MR) is 53.0 cm³/mol. The first-order valence-corrected chi connectivity index (χ1v) is 5.19. The molecule has 86 valence electrons. The molecule has 1 aromatic carbocycles. The topological polar surface area (TPSA) is 44.5 Å². The van der Waals surface area contributed by atoms with Crippen molar-refractivity contribution < 1.29 is 18.3 Å². The number of alkyl halides is 2. The first-order valence-electron chi connectivity index (χ1n) is 5.19. The zero-order chi connectivity index (χ0) is 11.3. The Balaban J connectivity index is 2.05. The van der Waals surface area contributed by atoms with E-state index >= 15 is 0 Å². The maximum absolute atomic E-state index is 13.1. The van der Waals surface area contributed by atoms with Crippen molar-refractivity contribution in [1.82, 2.24) is 0 Å². The molecule has 0 amide bonds. The van der Waals surface area contributed by atoms with E-state index in [2.05, 4.69) is 9.47 Å². The highest BCUT2D eigenvalue weighted by Crippen LogP contribution is 2.51. The van der Waals surface area contributed by atoms with Gasteiger partial charge in [-0.1, -0.05) is 0 Å². The summed E-state index contributed by atoms with van der Waals surface area (Å²) in [6.45, 7) is 0. The monoisotopic (exact) mass is 227 g/mol. The van der Waals surface area contributed by atoms with Crippen LogP contribution in [0.1, 0.15) is 24.5 Å². The van der Waals surface area contributed by atoms with E-state index in [1.165, 1.54) is 6.07 Å². The minimum Gasteiger partial charge on any atom is -0.409 e. The Labute approximate surface area is 91.1 Å². The highest BCUT2D eigenvalue weighted by atomic mass is 19.3. The number of hydrogen-bond acceptors (Lipinski definition) is 3. The fourth-order valence-electron chi connectivity index (χ4n) is 1.99. The molecule has 0 saturated heterocycles. The van der Waals surface area contributed by atoms with Gasteiger partial charge in [0.2, 0.25) is 0 Å². The molecule has 1 aromatic rings. The lowest BCUT2D eigenvalue weighted by Crippen LogP contribution is -2.35. The zero-order valence-corrected chi connectivity index (χ0v) is 8.45. The van der Waals surface area contributed by atoms with Crippen molar-refractivity contribution in [3.63, 3.8) is 0 Å². The smallest absolute Gasteiger partial charge is 0.409 e. The molecule has 3 nitrogen and oxygen atoms in total. The third-order valence-electron chi connectivity index (χ3n) is 2.88. The molecule has 1 fully saturated rings. The molecule has 5 heteroatoms. The second-order valence-electron chi connectivity index (χ2n) is 4.24. The van der Waals surface area contributed by atoms with Crippen LogP contribution in [0.4, 0.5) is 14.5 Å². The number of ether oxygens (including phenoxy) is 2.